The summed E-state index contributed by atoms with van der Waals surface area (Å²) >= 11 is 1.43. The molecule has 4 nitrogen and oxygen atoms in total. The number of nitrogens with zero attached hydrogens (tertiary/aromatic N) is 3. The highest BCUT2D eigenvalue weighted by Crippen LogP contribution is 2.41. The van der Waals surface area contributed by atoms with Crippen molar-refractivity contribution in [2.75, 3.05) is 0 Å². The van der Waals surface area contributed by atoms with Crippen molar-refractivity contribution in [3.63, 3.8) is 0 Å². The van der Waals surface area contributed by atoms with E-state index < -0.39 is 0 Å². The molecule has 3 heterocycles. The van der Waals surface area contributed by atoms with Crippen LogP contribution in [0.1, 0.15) is 40.3 Å². The van der Waals surface area contributed by atoms with Crippen LogP contribution in [0.4, 0.5) is 4.39 Å². The predicted octanol–water partition coefficient (Wildman–Crippen LogP) is 6.46. The van der Waals surface area contributed by atoms with Gasteiger partial charge in [-0.3, -0.25) is 9.36 Å². The number of aromatic nitrogens is 2. The van der Waals surface area contributed by atoms with Crippen molar-refractivity contribution in [3.05, 3.63) is 168 Å². The maximum absolute atomic E-state index is 14.5. The smallest absolute Gasteiger partial charge is 0.271 e. The third kappa shape index (κ3) is 4.02. The number of hydrogen-bond donors (Lipinski definition) is 0. The molecule has 42 heavy (non-hydrogen) atoms. The van der Waals surface area contributed by atoms with E-state index in [-0.39, 0.29) is 17.4 Å². The van der Waals surface area contributed by atoms with Crippen molar-refractivity contribution in [1.29, 1.82) is 0 Å². The molecule has 2 aliphatic rings. The molecular weight excluding hydrogens is 541 g/mol. The van der Waals surface area contributed by atoms with Gasteiger partial charge in [0.25, 0.3) is 5.56 Å². The average molecular weight is 568 g/mol. The van der Waals surface area contributed by atoms with Gasteiger partial charge in [-0.25, -0.2) is 9.38 Å². The van der Waals surface area contributed by atoms with Gasteiger partial charge in [-0.1, -0.05) is 102 Å². The van der Waals surface area contributed by atoms with Gasteiger partial charge in [-0.2, -0.15) is 0 Å². The number of aryl methyl sites for hydroxylation is 1. The number of allylic oxidation sites excluding steroid dienone is 1. The van der Waals surface area contributed by atoms with Crippen LogP contribution in [0, 0.1) is 5.82 Å². The lowest BCUT2D eigenvalue weighted by molar-refractivity contribution is 0.585. The minimum Gasteiger partial charge on any atom is -0.342 e. The summed E-state index contributed by atoms with van der Waals surface area (Å²) in [5, 5.41) is 1.02. The summed E-state index contributed by atoms with van der Waals surface area (Å²) in [5.74, 6) is -0.225. The van der Waals surface area contributed by atoms with Crippen molar-refractivity contribution in [2.24, 2.45) is 4.99 Å². The van der Waals surface area contributed by atoms with Gasteiger partial charge in [-0.15, -0.1) is 0 Å². The highest BCUT2D eigenvalue weighted by atomic mass is 32.1. The van der Waals surface area contributed by atoms with E-state index in [1.807, 2.05) is 65.4 Å². The maximum Gasteiger partial charge on any atom is 0.271 e. The molecule has 0 unspecified atom stereocenters. The Morgan fingerprint density at radius 3 is 2.52 bits per heavy atom. The van der Waals surface area contributed by atoms with Gasteiger partial charge >= 0.3 is 0 Å². The van der Waals surface area contributed by atoms with E-state index in [4.69, 9.17) is 4.99 Å². The molecule has 6 heteroatoms. The van der Waals surface area contributed by atoms with E-state index in [0.29, 0.717) is 21.4 Å². The summed E-state index contributed by atoms with van der Waals surface area (Å²) in [6.07, 6.45) is 5.79. The summed E-state index contributed by atoms with van der Waals surface area (Å²) in [4.78, 5) is 20.1. The van der Waals surface area contributed by atoms with Crippen LogP contribution in [0.15, 0.2) is 125 Å². The van der Waals surface area contributed by atoms with Crippen LogP contribution in [0.5, 0.6) is 0 Å². The van der Waals surface area contributed by atoms with Gasteiger partial charge in [0, 0.05) is 33.8 Å². The monoisotopic (exact) mass is 567 g/mol. The van der Waals surface area contributed by atoms with Crippen molar-refractivity contribution >= 4 is 34.0 Å². The Balaban J connectivity index is 1.32. The molecule has 0 fully saturated rings. The summed E-state index contributed by atoms with van der Waals surface area (Å²) < 4.78 is 19.1. The van der Waals surface area contributed by atoms with Crippen molar-refractivity contribution < 1.29 is 4.39 Å². The Labute approximate surface area is 245 Å². The van der Waals surface area contributed by atoms with E-state index in [1.54, 1.807) is 6.07 Å². The van der Waals surface area contributed by atoms with Gasteiger partial charge < -0.3 is 4.57 Å². The van der Waals surface area contributed by atoms with E-state index in [1.165, 1.54) is 28.5 Å². The van der Waals surface area contributed by atoms with Gasteiger partial charge in [0.1, 0.15) is 5.82 Å². The molecule has 0 spiro atoms. The minimum atomic E-state index is -0.225. The Morgan fingerprint density at radius 2 is 1.64 bits per heavy atom. The van der Waals surface area contributed by atoms with E-state index in [2.05, 4.69) is 47.0 Å². The van der Waals surface area contributed by atoms with Crippen LogP contribution in [0.25, 0.3) is 22.7 Å². The van der Waals surface area contributed by atoms with Crippen molar-refractivity contribution in [1.82, 2.24) is 9.13 Å². The van der Waals surface area contributed by atoms with E-state index in [0.717, 1.165) is 46.1 Å². The highest BCUT2D eigenvalue weighted by molar-refractivity contribution is 7.07. The Kier molecular flexibility index (Phi) is 5.90. The fraction of sp³-hybridized carbons (Fsp3) is 0.111. The first-order chi connectivity index (χ1) is 20.7. The van der Waals surface area contributed by atoms with Gasteiger partial charge in [0.2, 0.25) is 0 Å². The number of rotatable bonds is 4. The van der Waals surface area contributed by atoms with Crippen LogP contribution in [0.3, 0.4) is 0 Å². The Bertz CT molecular complexity index is 2220. The minimum absolute atomic E-state index is 0.0380. The molecule has 0 saturated heterocycles. The summed E-state index contributed by atoms with van der Waals surface area (Å²) in [7, 11) is 0. The molecule has 2 aromatic heterocycles. The first-order valence-corrected chi connectivity index (χ1v) is 15.0. The first kappa shape index (κ1) is 24.9. The lowest BCUT2D eigenvalue weighted by atomic mass is 9.83. The molecular formula is C36H26FN3OS. The molecule has 6 aromatic rings. The van der Waals surface area contributed by atoms with Crippen LogP contribution in [0.2, 0.25) is 0 Å². The lowest BCUT2D eigenvalue weighted by Crippen LogP contribution is -2.38. The molecule has 8 rings (SSSR count). The molecule has 204 valence electrons. The highest BCUT2D eigenvalue weighted by Gasteiger charge is 2.32. The van der Waals surface area contributed by atoms with Gasteiger partial charge in [-0.05, 0) is 47.8 Å². The van der Waals surface area contributed by atoms with Crippen molar-refractivity contribution in [3.8, 4) is 0 Å². The van der Waals surface area contributed by atoms with E-state index in [9.17, 15) is 9.18 Å². The second-order valence-corrected chi connectivity index (χ2v) is 11.9. The normalized spacial score (nSPS) is 16.2. The standard InChI is InChI=1S/C36H26FN3OS/c37-30-16-8-5-13-25(30)21-39-22-26(27-14-7-9-17-31(27)39)20-32-35(41)40-34(24-11-2-1-3-12-24)29-19-18-23-10-4-6-15-28(23)33(29)38-36(40)42-32/h1-17,20,22,34H,18-19,21H2/t34-/m1/s1. The average Bonchev–Trinajstić information content (AvgIpc) is 3.53. The lowest BCUT2D eigenvalue weighted by Gasteiger charge is -2.30. The number of para-hydroxylation sites is 1. The SMILES string of the molecule is O=c1c(=Cc2cn(Cc3ccccc3F)c3ccccc23)sc2n1[C@H](c1ccccc1)C1=C(N=2)c2ccccc2CC1. The van der Waals surface area contributed by atoms with Crippen LogP contribution < -0.4 is 14.9 Å². The maximum atomic E-state index is 14.5. The third-order valence-electron chi connectivity index (χ3n) is 8.39. The van der Waals surface area contributed by atoms with Crippen LogP contribution >= 0.6 is 11.3 Å². The number of benzene rings is 4. The zero-order valence-electron chi connectivity index (χ0n) is 22.7. The van der Waals surface area contributed by atoms with E-state index >= 15 is 0 Å². The number of halogens is 1. The van der Waals surface area contributed by atoms with Crippen LogP contribution in [-0.4, -0.2) is 9.13 Å². The second kappa shape index (κ2) is 9.93. The zero-order chi connectivity index (χ0) is 28.2. The molecule has 1 aliphatic heterocycles. The molecule has 0 radical (unpaired) electrons. The summed E-state index contributed by atoms with van der Waals surface area (Å²) in [5.41, 5.74) is 8.25. The molecule has 0 amide bonds. The number of fused-ring (bicyclic) bond motifs is 4. The molecule has 1 aliphatic carbocycles. The summed E-state index contributed by atoms with van der Waals surface area (Å²) in [6.45, 7) is 0.405. The zero-order valence-corrected chi connectivity index (χ0v) is 23.5. The van der Waals surface area contributed by atoms with Gasteiger partial charge in [0.05, 0.1) is 22.8 Å². The second-order valence-electron chi connectivity index (χ2n) is 10.8. The number of thiazole rings is 1. The topological polar surface area (TPSA) is 39.3 Å². The molecule has 0 bridgehead atoms. The Morgan fingerprint density at radius 1 is 0.881 bits per heavy atom. The number of hydrogen-bond acceptors (Lipinski definition) is 3. The van der Waals surface area contributed by atoms with Gasteiger partial charge in [0.15, 0.2) is 4.80 Å². The first-order valence-electron chi connectivity index (χ1n) is 14.1. The quantitative estimate of drug-likeness (QED) is 0.241. The molecule has 0 N–H and O–H groups in total. The van der Waals surface area contributed by atoms with Crippen molar-refractivity contribution in [2.45, 2.75) is 25.4 Å². The largest absolute Gasteiger partial charge is 0.342 e. The van der Waals surface area contributed by atoms with Crippen LogP contribution in [-0.2, 0) is 13.0 Å². The third-order valence-corrected chi connectivity index (χ3v) is 9.38. The Hall–Kier alpha value is -4.81. The fourth-order valence-electron chi connectivity index (χ4n) is 6.43. The predicted molar refractivity (Wildman–Crippen MR) is 167 cm³/mol. The fourth-order valence-corrected chi connectivity index (χ4v) is 7.42. The summed E-state index contributed by atoms with van der Waals surface area (Å²) in [6, 6.07) is 33.5. The molecule has 4 aromatic carbocycles. The molecule has 1 atom stereocenters. The molecule has 0 saturated carbocycles.